The van der Waals surface area contributed by atoms with E-state index in [1.807, 2.05) is 68.4 Å². The minimum atomic E-state index is -3.03. The number of pyridine rings is 2. The number of amides is 1. The number of anilines is 2. The van der Waals surface area contributed by atoms with Crippen LogP contribution in [0.5, 0.6) is 0 Å². The Bertz CT molecular complexity index is 1430. The molecule has 3 aromatic rings. The minimum absolute atomic E-state index is 0.00949. The molecule has 1 aliphatic rings. The van der Waals surface area contributed by atoms with E-state index in [2.05, 4.69) is 31.1 Å². The molecule has 0 saturated carbocycles. The lowest BCUT2D eigenvalue weighted by atomic mass is 9.80. The van der Waals surface area contributed by atoms with E-state index in [9.17, 15) is 13.2 Å². The van der Waals surface area contributed by atoms with Gasteiger partial charge in [0.25, 0.3) is 0 Å². The summed E-state index contributed by atoms with van der Waals surface area (Å²) in [7, 11) is 0.492. The van der Waals surface area contributed by atoms with Crippen molar-refractivity contribution in [2.75, 3.05) is 31.0 Å². The van der Waals surface area contributed by atoms with Gasteiger partial charge >= 0.3 is 0 Å². The van der Waals surface area contributed by atoms with E-state index in [-0.39, 0.29) is 40.9 Å². The fourth-order valence-electron chi connectivity index (χ4n) is 5.57. The zero-order valence-electron chi connectivity index (χ0n) is 24.0. The summed E-state index contributed by atoms with van der Waals surface area (Å²) >= 11 is 0. The first-order valence-electron chi connectivity index (χ1n) is 13.4. The van der Waals surface area contributed by atoms with Gasteiger partial charge in [-0.05, 0) is 61.9 Å². The van der Waals surface area contributed by atoms with Crippen molar-refractivity contribution in [1.82, 2.24) is 14.9 Å². The SMILES string of the molecule is CO[C@H](C)c1c(Nc2ccc([C@H](N(C)C(=O)C3CCS(=O)(=O)CC3)C(C)(C)C)cc2)cnc2ccc(C)nc12. The molecule has 39 heavy (non-hydrogen) atoms. The average Bonchev–Trinajstić information content (AvgIpc) is 2.88. The molecule has 1 aromatic carbocycles. The maximum Gasteiger partial charge on any atom is 0.226 e. The van der Waals surface area contributed by atoms with E-state index in [0.29, 0.717) is 12.8 Å². The first-order chi connectivity index (χ1) is 18.3. The Morgan fingerprint density at radius 1 is 1.10 bits per heavy atom. The molecule has 4 rings (SSSR count). The smallest absolute Gasteiger partial charge is 0.226 e. The number of aromatic nitrogens is 2. The predicted octanol–water partition coefficient (Wildman–Crippen LogP) is 5.76. The first kappa shape index (κ1) is 29.0. The van der Waals surface area contributed by atoms with Crippen LogP contribution in [-0.2, 0) is 19.4 Å². The molecule has 0 bridgehead atoms. The Balaban J connectivity index is 1.60. The lowest BCUT2D eigenvalue weighted by Crippen LogP contribution is -2.43. The third kappa shape index (κ3) is 6.41. The van der Waals surface area contributed by atoms with Gasteiger partial charge in [0.15, 0.2) is 0 Å². The molecule has 1 saturated heterocycles. The number of rotatable bonds is 7. The van der Waals surface area contributed by atoms with Gasteiger partial charge in [0, 0.05) is 37.0 Å². The molecule has 0 spiro atoms. The third-order valence-corrected chi connectivity index (χ3v) is 9.33. The Morgan fingerprint density at radius 2 is 1.74 bits per heavy atom. The van der Waals surface area contributed by atoms with Crippen LogP contribution in [0.15, 0.2) is 42.6 Å². The van der Waals surface area contributed by atoms with Crippen LogP contribution >= 0.6 is 0 Å². The number of carbonyl (C=O) groups excluding carboxylic acids is 1. The van der Waals surface area contributed by atoms with Crippen LogP contribution in [0.2, 0.25) is 0 Å². The lowest BCUT2D eigenvalue weighted by molar-refractivity contribution is -0.139. The zero-order valence-corrected chi connectivity index (χ0v) is 24.8. The number of ether oxygens (including phenoxy) is 1. The van der Waals surface area contributed by atoms with Gasteiger partial charge in [0.2, 0.25) is 5.91 Å². The Morgan fingerprint density at radius 3 is 2.33 bits per heavy atom. The van der Waals surface area contributed by atoms with Crippen molar-refractivity contribution in [3.8, 4) is 0 Å². The Hall–Kier alpha value is -3.04. The summed E-state index contributed by atoms with van der Waals surface area (Å²) in [5.41, 5.74) is 6.00. The van der Waals surface area contributed by atoms with Gasteiger partial charge in [-0.15, -0.1) is 0 Å². The van der Waals surface area contributed by atoms with Crippen molar-refractivity contribution in [2.45, 2.75) is 59.6 Å². The Labute approximate surface area is 232 Å². The molecule has 1 amide bonds. The highest BCUT2D eigenvalue weighted by molar-refractivity contribution is 7.91. The first-order valence-corrected chi connectivity index (χ1v) is 15.3. The van der Waals surface area contributed by atoms with Gasteiger partial charge in [-0.2, -0.15) is 0 Å². The lowest BCUT2D eigenvalue weighted by Gasteiger charge is -2.40. The van der Waals surface area contributed by atoms with E-state index >= 15 is 0 Å². The van der Waals surface area contributed by atoms with Crippen molar-refractivity contribution in [1.29, 1.82) is 0 Å². The molecule has 0 radical (unpaired) electrons. The van der Waals surface area contributed by atoms with E-state index in [0.717, 1.165) is 39.2 Å². The maximum atomic E-state index is 13.4. The molecule has 0 aliphatic carbocycles. The van der Waals surface area contributed by atoms with Gasteiger partial charge in [-0.1, -0.05) is 32.9 Å². The summed E-state index contributed by atoms with van der Waals surface area (Å²) in [6.45, 7) is 10.3. The number of methoxy groups -OCH3 is 1. The van der Waals surface area contributed by atoms with Gasteiger partial charge in [-0.3, -0.25) is 14.8 Å². The number of fused-ring (bicyclic) bond motifs is 1. The molecule has 8 nitrogen and oxygen atoms in total. The number of benzene rings is 1. The molecular weight excluding hydrogens is 512 g/mol. The molecule has 210 valence electrons. The minimum Gasteiger partial charge on any atom is -0.377 e. The highest BCUT2D eigenvalue weighted by Gasteiger charge is 2.37. The summed E-state index contributed by atoms with van der Waals surface area (Å²) in [5.74, 6) is -0.0844. The number of nitrogens with one attached hydrogen (secondary N) is 1. The Kier molecular flexibility index (Phi) is 8.33. The summed E-state index contributed by atoms with van der Waals surface area (Å²) in [6.07, 6.45) is 2.40. The molecule has 9 heteroatoms. The normalized spacial score (nSPS) is 17.5. The highest BCUT2D eigenvalue weighted by atomic mass is 32.2. The number of hydrogen-bond acceptors (Lipinski definition) is 7. The largest absolute Gasteiger partial charge is 0.377 e. The summed E-state index contributed by atoms with van der Waals surface area (Å²) < 4.78 is 29.4. The van der Waals surface area contributed by atoms with E-state index < -0.39 is 9.84 Å². The quantitative estimate of drug-likeness (QED) is 0.398. The van der Waals surface area contributed by atoms with Crippen LogP contribution in [0.4, 0.5) is 11.4 Å². The van der Waals surface area contributed by atoms with E-state index in [1.165, 1.54) is 0 Å². The standard InChI is InChI=1S/C30H40N4O4S/c1-19-8-13-24-27(32-19)26(20(2)38-7)25(18-31-24)33-23-11-9-21(10-12-23)28(30(3,4)5)34(6)29(35)22-14-16-39(36,37)17-15-22/h8-13,18,20,22,28,33H,14-17H2,1-7H3/t20-,28+/m1/s1. The fraction of sp³-hybridized carbons (Fsp3) is 0.500. The average molecular weight is 553 g/mol. The monoisotopic (exact) mass is 552 g/mol. The van der Waals surface area contributed by atoms with Gasteiger partial charge in [-0.25, -0.2) is 8.42 Å². The van der Waals surface area contributed by atoms with Gasteiger partial charge in [0.05, 0.1) is 46.6 Å². The number of aryl methyl sites for hydroxylation is 1. The summed E-state index contributed by atoms with van der Waals surface area (Å²) in [4.78, 5) is 24.6. The van der Waals surface area contributed by atoms with Crippen molar-refractivity contribution < 1.29 is 17.9 Å². The number of nitrogens with zero attached hydrogens (tertiary/aromatic N) is 3. The van der Waals surface area contributed by atoms with E-state index in [4.69, 9.17) is 9.72 Å². The maximum absolute atomic E-state index is 13.4. The molecule has 2 aromatic heterocycles. The number of carbonyl (C=O) groups is 1. The fourth-order valence-corrected chi connectivity index (χ4v) is 7.06. The van der Waals surface area contributed by atoms with Crippen LogP contribution < -0.4 is 5.32 Å². The second-order valence-electron chi connectivity index (χ2n) is 11.7. The predicted molar refractivity (Wildman–Crippen MR) is 156 cm³/mol. The number of sulfone groups is 1. The van der Waals surface area contributed by atoms with Crippen molar-refractivity contribution >= 4 is 38.2 Å². The van der Waals surface area contributed by atoms with Crippen LogP contribution in [0, 0.1) is 18.3 Å². The van der Waals surface area contributed by atoms with Crippen LogP contribution in [0.25, 0.3) is 11.0 Å². The number of hydrogen-bond donors (Lipinski definition) is 1. The molecule has 1 aliphatic heterocycles. The molecule has 2 atom stereocenters. The van der Waals surface area contributed by atoms with Crippen molar-refractivity contribution in [3.05, 3.63) is 59.4 Å². The van der Waals surface area contributed by atoms with Crippen LogP contribution in [0.1, 0.15) is 69.5 Å². The summed E-state index contributed by atoms with van der Waals surface area (Å²) in [5, 5.41) is 3.50. The topological polar surface area (TPSA) is 101 Å². The van der Waals surface area contributed by atoms with Crippen LogP contribution in [-0.4, -0.2) is 54.9 Å². The summed E-state index contributed by atoms with van der Waals surface area (Å²) in [6, 6.07) is 11.9. The molecule has 3 heterocycles. The van der Waals surface area contributed by atoms with Gasteiger partial charge < -0.3 is 15.0 Å². The molecular formula is C30H40N4O4S. The molecule has 1 N–H and O–H groups in total. The van der Waals surface area contributed by atoms with Crippen molar-refractivity contribution in [3.63, 3.8) is 0 Å². The zero-order chi connectivity index (χ0) is 28.5. The molecule has 1 fully saturated rings. The second-order valence-corrected chi connectivity index (χ2v) is 14.0. The van der Waals surface area contributed by atoms with Gasteiger partial charge in [0.1, 0.15) is 9.84 Å². The van der Waals surface area contributed by atoms with E-state index in [1.54, 1.807) is 7.11 Å². The third-order valence-electron chi connectivity index (χ3n) is 7.62. The van der Waals surface area contributed by atoms with Crippen molar-refractivity contribution in [2.24, 2.45) is 11.3 Å². The van der Waals surface area contributed by atoms with Crippen LogP contribution in [0.3, 0.4) is 0 Å². The second kappa shape index (κ2) is 11.2. The molecule has 0 unspecified atom stereocenters. The highest BCUT2D eigenvalue weighted by Crippen LogP contribution is 2.40.